The summed E-state index contributed by atoms with van der Waals surface area (Å²) in [4.78, 5) is 10.1. The average Bonchev–Trinajstić information content (AvgIpc) is 2.44. The van der Waals surface area contributed by atoms with Crippen molar-refractivity contribution in [2.24, 2.45) is 0 Å². The van der Waals surface area contributed by atoms with Gasteiger partial charge in [0, 0.05) is 25.2 Å². The Balaban J connectivity index is 1.92. The lowest BCUT2D eigenvalue weighted by Crippen LogP contribution is -2.13. The summed E-state index contributed by atoms with van der Waals surface area (Å²) in [6.07, 6.45) is 0. The van der Waals surface area contributed by atoms with Gasteiger partial charge < -0.3 is 5.32 Å². The molecule has 0 spiro atoms. The highest BCUT2D eigenvalue weighted by atomic mass is 35.5. The summed E-state index contributed by atoms with van der Waals surface area (Å²) in [5.41, 5.74) is 1.64. The molecule has 2 aromatic rings. The molecule has 2 rings (SSSR count). The number of hydrogen-bond donors (Lipinski definition) is 1. The van der Waals surface area contributed by atoms with Crippen LogP contribution in [-0.4, -0.2) is 4.92 Å². The van der Waals surface area contributed by atoms with Crippen molar-refractivity contribution in [2.45, 2.75) is 13.1 Å². The fraction of sp³-hybridized carbons (Fsp3) is 0.143. The van der Waals surface area contributed by atoms with Crippen molar-refractivity contribution < 1.29 is 9.31 Å². The second kappa shape index (κ2) is 6.45. The molecule has 0 aliphatic carbocycles. The first-order valence-electron chi connectivity index (χ1n) is 5.95. The van der Waals surface area contributed by atoms with E-state index in [0.717, 1.165) is 5.56 Å². The SMILES string of the molecule is O=[N+]([O-])c1ccc(CNCc2cccc(F)c2Cl)cc1. The fourth-order valence-corrected chi connectivity index (χ4v) is 1.95. The second-order valence-corrected chi connectivity index (χ2v) is 4.62. The van der Waals surface area contributed by atoms with Gasteiger partial charge >= 0.3 is 0 Å². The van der Waals surface area contributed by atoms with Gasteiger partial charge in [-0.3, -0.25) is 10.1 Å². The molecule has 6 heteroatoms. The molecule has 0 aliphatic rings. The predicted molar refractivity (Wildman–Crippen MR) is 75.1 cm³/mol. The average molecular weight is 295 g/mol. The van der Waals surface area contributed by atoms with Gasteiger partial charge in [0.25, 0.3) is 5.69 Å². The molecule has 0 saturated carbocycles. The van der Waals surface area contributed by atoms with Crippen LogP contribution in [0.25, 0.3) is 0 Å². The minimum Gasteiger partial charge on any atom is -0.309 e. The van der Waals surface area contributed by atoms with Crippen LogP contribution in [0.15, 0.2) is 42.5 Å². The van der Waals surface area contributed by atoms with Crippen molar-refractivity contribution in [3.63, 3.8) is 0 Å². The normalized spacial score (nSPS) is 10.5. The molecule has 4 nitrogen and oxygen atoms in total. The van der Waals surface area contributed by atoms with E-state index in [-0.39, 0.29) is 10.7 Å². The molecule has 0 aliphatic heterocycles. The highest BCUT2D eigenvalue weighted by molar-refractivity contribution is 6.31. The van der Waals surface area contributed by atoms with E-state index in [9.17, 15) is 14.5 Å². The smallest absolute Gasteiger partial charge is 0.269 e. The second-order valence-electron chi connectivity index (χ2n) is 4.24. The zero-order chi connectivity index (χ0) is 14.5. The van der Waals surface area contributed by atoms with Crippen LogP contribution < -0.4 is 5.32 Å². The van der Waals surface area contributed by atoms with Gasteiger partial charge in [-0.15, -0.1) is 0 Å². The third-order valence-electron chi connectivity index (χ3n) is 2.82. The Labute approximate surface area is 120 Å². The minimum absolute atomic E-state index is 0.0573. The predicted octanol–water partition coefficient (Wildman–Crippen LogP) is 3.68. The van der Waals surface area contributed by atoms with Crippen LogP contribution in [0.1, 0.15) is 11.1 Å². The summed E-state index contributed by atoms with van der Waals surface area (Å²) in [7, 11) is 0. The van der Waals surface area contributed by atoms with Gasteiger partial charge in [0.2, 0.25) is 0 Å². The van der Waals surface area contributed by atoms with Crippen molar-refractivity contribution in [3.8, 4) is 0 Å². The third-order valence-corrected chi connectivity index (χ3v) is 3.25. The highest BCUT2D eigenvalue weighted by Crippen LogP contribution is 2.19. The lowest BCUT2D eigenvalue weighted by atomic mass is 10.2. The van der Waals surface area contributed by atoms with Crippen LogP contribution in [0.4, 0.5) is 10.1 Å². The Hall–Kier alpha value is -1.98. The maximum Gasteiger partial charge on any atom is 0.269 e. The molecular formula is C14H12ClFN2O2. The molecule has 0 saturated heterocycles. The molecule has 20 heavy (non-hydrogen) atoms. The monoisotopic (exact) mass is 294 g/mol. The molecule has 0 aromatic heterocycles. The number of hydrogen-bond acceptors (Lipinski definition) is 3. The number of halogens is 2. The first-order chi connectivity index (χ1) is 9.58. The molecule has 0 bridgehead atoms. The van der Waals surface area contributed by atoms with Crippen molar-refractivity contribution >= 4 is 17.3 Å². The summed E-state index contributed by atoms with van der Waals surface area (Å²) in [6, 6.07) is 10.9. The van der Waals surface area contributed by atoms with Gasteiger partial charge in [-0.25, -0.2) is 4.39 Å². The molecule has 104 valence electrons. The lowest BCUT2D eigenvalue weighted by molar-refractivity contribution is -0.384. The Bertz CT molecular complexity index is 617. The zero-order valence-electron chi connectivity index (χ0n) is 10.5. The molecule has 0 unspecified atom stereocenters. The van der Waals surface area contributed by atoms with Gasteiger partial charge in [0.1, 0.15) is 5.82 Å². The summed E-state index contributed by atoms with van der Waals surface area (Å²) in [5.74, 6) is -0.443. The number of nitro benzene ring substituents is 1. The van der Waals surface area contributed by atoms with E-state index in [1.165, 1.54) is 18.2 Å². The molecule has 2 aromatic carbocycles. The quantitative estimate of drug-likeness (QED) is 0.676. The standard InChI is InChI=1S/C14H12ClFN2O2/c15-14-11(2-1-3-13(14)16)9-17-8-10-4-6-12(7-5-10)18(19)20/h1-7,17H,8-9H2. The highest BCUT2D eigenvalue weighted by Gasteiger charge is 2.06. The van der Waals surface area contributed by atoms with Crippen molar-refractivity contribution in [2.75, 3.05) is 0 Å². The van der Waals surface area contributed by atoms with E-state index in [2.05, 4.69) is 5.32 Å². The number of nitrogens with zero attached hydrogens (tertiary/aromatic N) is 1. The molecule has 1 N–H and O–H groups in total. The number of rotatable bonds is 5. The number of non-ortho nitro benzene ring substituents is 1. The topological polar surface area (TPSA) is 55.2 Å². The van der Waals surface area contributed by atoms with Crippen LogP contribution in [0.3, 0.4) is 0 Å². The first kappa shape index (κ1) is 14.4. The lowest BCUT2D eigenvalue weighted by Gasteiger charge is -2.07. The van der Waals surface area contributed by atoms with E-state index in [4.69, 9.17) is 11.6 Å². The summed E-state index contributed by atoms with van der Waals surface area (Å²) in [6.45, 7) is 0.943. The van der Waals surface area contributed by atoms with E-state index >= 15 is 0 Å². The molecule has 0 atom stereocenters. The maximum atomic E-state index is 13.2. The van der Waals surface area contributed by atoms with Gasteiger partial charge in [0.05, 0.1) is 9.95 Å². The van der Waals surface area contributed by atoms with Crippen LogP contribution >= 0.6 is 11.6 Å². The number of nitro groups is 1. The van der Waals surface area contributed by atoms with E-state index in [0.29, 0.717) is 18.7 Å². The van der Waals surface area contributed by atoms with Crippen LogP contribution in [0.2, 0.25) is 5.02 Å². The molecule has 0 heterocycles. The Kier molecular flexibility index (Phi) is 4.65. The van der Waals surface area contributed by atoms with Crippen LogP contribution in [-0.2, 0) is 13.1 Å². The fourth-order valence-electron chi connectivity index (χ4n) is 1.76. The molecule has 0 amide bonds. The number of nitrogens with one attached hydrogen (secondary N) is 1. The van der Waals surface area contributed by atoms with Crippen molar-refractivity contribution in [1.82, 2.24) is 5.32 Å². The van der Waals surface area contributed by atoms with Gasteiger partial charge in [-0.2, -0.15) is 0 Å². The van der Waals surface area contributed by atoms with E-state index in [1.807, 2.05) is 0 Å². The molecule has 0 radical (unpaired) electrons. The van der Waals surface area contributed by atoms with Gasteiger partial charge in [-0.05, 0) is 17.2 Å². The Morgan fingerprint density at radius 2 is 1.85 bits per heavy atom. The first-order valence-corrected chi connectivity index (χ1v) is 6.32. The van der Waals surface area contributed by atoms with Crippen molar-refractivity contribution in [3.05, 3.63) is 74.5 Å². The minimum atomic E-state index is -0.443. The Morgan fingerprint density at radius 3 is 2.50 bits per heavy atom. The molecule has 0 fully saturated rings. The maximum absolute atomic E-state index is 13.2. The van der Waals surface area contributed by atoms with Gasteiger partial charge in [-0.1, -0.05) is 35.9 Å². The third kappa shape index (κ3) is 3.53. The van der Waals surface area contributed by atoms with E-state index in [1.54, 1.807) is 24.3 Å². The largest absolute Gasteiger partial charge is 0.309 e. The zero-order valence-corrected chi connectivity index (χ0v) is 11.2. The van der Waals surface area contributed by atoms with Gasteiger partial charge in [0.15, 0.2) is 0 Å². The van der Waals surface area contributed by atoms with Crippen molar-refractivity contribution in [1.29, 1.82) is 0 Å². The Morgan fingerprint density at radius 1 is 1.15 bits per heavy atom. The van der Waals surface area contributed by atoms with Crippen LogP contribution in [0.5, 0.6) is 0 Å². The van der Waals surface area contributed by atoms with E-state index < -0.39 is 10.7 Å². The van der Waals surface area contributed by atoms with Crippen LogP contribution in [0, 0.1) is 15.9 Å². The summed E-state index contributed by atoms with van der Waals surface area (Å²) in [5, 5.41) is 13.7. The summed E-state index contributed by atoms with van der Waals surface area (Å²) < 4.78 is 13.2. The number of benzene rings is 2. The summed E-state index contributed by atoms with van der Waals surface area (Å²) >= 11 is 5.84. The molecular weight excluding hydrogens is 283 g/mol.